The fourth-order valence-corrected chi connectivity index (χ4v) is 3.35. The molecule has 1 aromatic rings. The SMILES string of the molecule is O=S(Cc1ccc(Cl)c(Cl)c1)CC1CNC1. The van der Waals surface area contributed by atoms with Gasteiger partial charge in [0.2, 0.25) is 0 Å². The van der Waals surface area contributed by atoms with Crippen molar-refractivity contribution in [2.45, 2.75) is 5.75 Å². The second-order valence-corrected chi connectivity index (χ2v) is 6.34. The van der Waals surface area contributed by atoms with E-state index < -0.39 is 10.8 Å². The van der Waals surface area contributed by atoms with Crippen molar-refractivity contribution >= 4 is 34.0 Å². The van der Waals surface area contributed by atoms with Crippen LogP contribution in [0.2, 0.25) is 10.0 Å². The minimum atomic E-state index is -0.806. The average molecular weight is 278 g/mol. The van der Waals surface area contributed by atoms with Gasteiger partial charge in [0, 0.05) is 35.4 Å². The summed E-state index contributed by atoms with van der Waals surface area (Å²) in [6.45, 7) is 1.99. The van der Waals surface area contributed by atoms with Gasteiger partial charge in [-0.1, -0.05) is 29.3 Å². The molecule has 88 valence electrons. The second-order valence-electron chi connectivity index (χ2n) is 4.02. The zero-order chi connectivity index (χ0) is 11.5. The minimum Gasteiger partial charge on any atom is -0.316 e. The van der Waals surface area contributed by atoms with Crippen molar-refractivity contribution in [2.24, 2.45) is 5.92 Å². The average Bonchev–Trinajstić information content (AvgIpc) is 2.18. The summed E-state index contributed by atoms with van der Waals surface area (Å²) in [5, 5.41) is 4.24. The number of halogens is 2. The van der Waals surface area contributed by atoms with Gasteiger partial charge in [-0.15, -0.1) is 0 Å². The number of rotatable bonds is 4. The van der Waals surface area contributed by atoms with Gasteiger partial charge >= 0.3 is 0 Å². The maximum atomic E-state index is 11.8. The van der Waals surface area contributed by atoms with Crippen molar-refractivity contribution in [1.29, 1.82) is 0 Å². The summed E-state index contributed by atoms with van der Waals surface area (Å²) in [6.07, 6.45) is 0. The van der Waals surface area contributed by atoms with Crippen molar-refractivity contribution in [3.8, 4) is 0 Å². The Morgan fingerprint density at radius 2 is 2.06 bits per heavy atom. The van der Waals surface area contributed by atoms with E-state index in [1.54, 1.807) is 12.1 Å². The number of nitrogens with one attached hydrogen (secondary N) is 1. The molecular formula is C11H13Cl2NOS. The Hall–Kier alpha value is -0.0900. The Kier molecular flexibility index (Phi) is 4.25. The molecular weight excluding hydrogens is 265 g/mol. The molecule has 1 fully saturated rings. The Morgan fingerprint density at radius 3 is 2.62 bits per heavy atom. The lowest BCUT2D eigenvalue weighted by atomic mass is 10.1. The predicted octanol–water partition coefficient (Wildman–Crippen LogP) is 2.46. The maximum Gasteiger partial charge on any atom is 0.0595 e. The van der Waals surface area contributed by atoms with Crippen molar-refractivity contribution in [3.63, 3.8) is 0 Å². The first kappa shape index (κ1) is 12.4. The van der Waals surface area contributed by atoms with E-state index in [0.29, 0.717) is 21.7 Å². The molecule has 1 atom stereocenters. The molecule has 0 saturated carbocycles. The van der Waals surface area contributed by atoms with Crippen molar-refractivity contribution in [1.82, 2.24) is 5.32 Å². The van der Waals surface area contributed by atoms with Gasteiger partial charge < -0.3 is 5.32 Å². The first-order valence-corrected chi connectivity index (χ1v) is 7.39. The van der Waals surface area contributed by atoms with Gasteiger partial charge in [0.1, 0.15) is 0 Å². The monoisotopic (exact) mass is 277 g/mol. The molecule has 2 nitrogen and oxygen atoms in total. The molecule has 0 spiro atoms. The summed E-state index contributed by atoms with van der Waals surface area (Å²) in [4.78, 5) is 0. The molecule has 0 aliphatic carbocycles. The van der Waals surface area contributed by atoms with Gasteiger partial charge in [0.15, 0.2) is 0 Å². The highest BCUT2D eigenvalue weighted by atomic mass is 35.5. The van der Waals surface area contributed by atoms with Crippen LogP contribution in [0.3, 0.4) is 0 Å². The summed E-state index contributed by atoms with van der Waals surface area (Å²) in [6, 6.07) is 5.42. The second kappa shape index (κ2) is 5.50. The van der Waals surface area contributed by atoms with Crippen molar-refractivity contribution in [3.05, 3.63) is 33.8 Å². The van der Waals surface area contributed by atoms with E-state index in [4.69, 9.17) is 23.2 Å². The van der Waals surface area contributed by atoms with Crippen molar-refractivity contribution < 1.29 is 4.21 Å². The fourth-order valence-electron chi connectivity index (χ4n) is 1.60. The van der Waals surface area contributed by atoms with E-state index >= 15 is 0 Å². The van der Waals surface area contributed by atoms with Crippen LogP contribution in [0.25, 0.3) is 0 Å². The van der Waals surface area contributed by atoms with Crippen LogP contribution in [0, 0.1) is 5.92 Å². The first-order chi connectivity index (χ1) is 7.65. The van der Waals surface area contributed by atoms with Crippen LogP contribution in [-0.4, -0.2) is 23.1 Å². The molecule has 0 bridgehead atoms. The largest absolute Gasteiger partial charge is 0.316 e. The fraction of sp³-hybridized carbons (Fsp3) is 0.455. The van der Waals surface area contributed by atoms with Crippen LogP contribution in [0.5, 0.6) is 0 Å². The number of benzene rings is 1. The Balaban J connectivity index is 1.92. The molecule has 1 N–H and O–H groups in total. The zero-order valence-electron chi connectivity index (χ0n) is 8.71. The van der Waals surface area contributed by atoms with Gasteiger partial charge in [-0.05, 0) is 23.6 Å². The van der Waals surface area contributed by atoms with Crippen LogP contribution >= 0.6 is 23.2 Å². The molecule has 1 aromatic carbocycles. The van der Waals surface area contributed by atoms with E-state index in [0.717, 1.165) is 24.4 Å². The summed E-state index contributed by atoms with van der Waals surface area (Å²) < 4.78 is 11.8. The highest BCUT2D eigenvalue weighted by Gasteiger charge is 2.19. The quantitative estimate of drug-likeness (QED) is 0.916. The topological polar surface area (TPSA) is 29.1 Å². The molecule has 16 heavy (non-hydrogen) atoms. The lowest BCUT2D eigenvalue weighted by molar-refractivity contribution is 0.382. The van der Waals surface area contributed by atoms with Gasteiger partial charge in [-0.25, -0.2) is 0 Å². The molecule has 0 aromatic heterocycles. The van der Waals surface area contributed by atoms with Crippen LogP contribution in [-0.2, 0) is 16.6 Å². The van der Waals surface area contributed by atoms with Gasteiger partial charge in [-0.2, -0.15) is 0 Å². The zero-order valence-corrected chi connectivity index (χ0v) is 11.0. The summed E-state index contributed by atoms with van der Waals surface area (Å²) >= 11 is 11.7. The maximum absolute atomic E-state index is 11.8. The van der Waals surface area contributed by atoms with Crippen LogP contribution in [0.4, 0.5) is 0 Å². The van der Waals surface area contributed by atoms with Crippen LogP contribution in [0.1, 0.15) is 5.56 Å². The molecule has 1 unspecified atom stereocenters. The Labute approximate surface area is 108 Å². The van der Waals surface area contributed by atoms with Gasteiger partial charge in [0.25, 0.3) is 0 Å². The normalized spacial score (nSPS) is 18.1. The molecule has 1 aliphatic rings. The molecule has 1 aliphatic heterocycles. The smallest absolute Gasteiger partial charge is 0.0595 e. The highest BCUT2D eigenvalue weighted by Crippen LogP contribution is 2.23. The third-order valence-corrected chi connectivity index (χ3v) is 4.84. The third kappa shape index (κ3) is 3.20. The highest BCUT2D eigenvalue weighted by molar-refractivity contribution is 7.84. The molecule has 1 saturated heterocycles. The van der Waals surface area contributed by atoms with Gasteiger partial charge in [-0.3, -0.25) is 4.21 Å². The number of hydrogen-bond acceptors (Lipinski definition) is 2. The van der Waals surface area contributed by atoms with E-state index in [1.165, 1.54) is 0 Å². The Morgan fingerprint density at radius 1 is 1.31 bits per heavy atom. The molecule has 0 amide bonds. The van der Waals surface area contributed by atoms with E-state index in [2.05, 4.69) is 5.32 Å². The molecule has 1 heterocycles. The van der Waals surface area contributed by atoms with E-state index in [9.17, 15) is 4.21 Å². The minimum absolute atomic E-state index is 0.529. The standard InChI is InChI=1S/C11H13Cl2NOS/c12-10-2-1-8(3-11(10)13)6-16(15)7-9-4-14-5-9/h1-3,9,14H,4-7H2. The molecule has 2 rings (SSSR count). The third-order valence-electron chi connectivity index (χ3n) is 2.60. The van der Waals surface area contributed by atoms with Crippen LogP contribution < -0.4 is 5.32 Å². The first-order valence-electron chi connectivity index (χ1n) is 5.15. The van der Waals surface area contributed by atoms with Gasteiger partial charge in [0.05, 0.1) is 10.0 Å². The predicted molar refractivity (Wildman–Crippen MR) is 69.5 cm³/mol. The summed E-state index contributed by atoms with van der Waals surface area (Å²) in [5.41, 5.74) is 0.986. The summed E-state index contributed by atoms with van der Waals surface area (Å²) in [7, 11) is -0.806. The number of hydrogen-bond donors (Lipinski definition) is 1. The molecule has 5 heteroatoms. The summed E-state index contributed by atoms with van der Waals surface area (Å²) in [5.74, 6) is 1.91. The Bertz CT molecular complexity index is 407. The molecule has 0 radical (unpaired) electrons. The van der Waals surface area contributed by atoms with Crippen molar-refractivity contribution in [2.75, 3.05) is 18.8 Å². The van der Waals surface area contributed by atoms with E-state index in [1.807, 2.05) is 6.07 Å². The van der Waals surface area contributed by atoms with Crippen LogP contribution in [0.15, 0.2) is 18.2 Å². The van der Waals surface area contributed by atoms with E-state index in [-0.39, 0.29) is 0 Å². The lowest BCUT2D eigenvalue weighted by Gasteiger charge is -2.26. The lowest BCUT2D eigenvalue weighted by Crippen LogP contribution is -2.44.